The summed E-state index contributed by atoms with van der Waals surface area (Å²) >= 11 is 3.30. The summed E-state index contributed by atoms with van der Waals surface area (Å²) in [6, 6.07) is 2.02. The highest BCUT2D eigenvalue weighted by Gasteiger charge is 1.95. The smallest absolute Gasteiger partial charge is 0.130 e. The van der Waals surface area contributed by atoms with Gasteiger partial charge < -0.3 is 5.73 Å². The number of aromatic nitrogens is 1. The summed E-state index contributed by atoms with van der Waals surface area (Å²) in [5, 5.41) is 0.834. The molecule has 0 saturated carbocycles. The monoisotopic (exact) mass is 226 g/mol. The van der Waals surface area contributed by atoms with E-state index in [1.54, 1.807) is 6.20 Å². The van der Waals surface area contributed by atoms with Gasteiger partial charge in [0.05, 0.1) is 0 Å². The van der Waals surface area contributed by atoms with E-state index in [9.17, 15) is 0 Å². The van der Waals surface area contributed by atoms with E-state index in [1.165, 1.54) is 0 Å². The minimum Gasteiger partial charge on any atom is -0.383 e. The highest BCUT2D eigenvalue weighted by atomic mass is 79.9. The van der Waals surface area contributed by atoms with Gasteiger partial charge >= 0.3 is 0 Å². The first kappa shape index (κ1) is 9.26. The fourth-order valence-electron chi connectivity index (χ4n) is 0.907. The van der Waals surface area contributed by atoms with Crippen molar-refractivity contribution in [3.05, 3.63) is 29.5 Å². The molecular formula is C9H11BrN2. The summed E-state index contributed by atoms with van der Waals surface area (Å²) in [7, 11) is 0. The summed E-state index contributed by atoms with van der Waals surface area (Å²) in [4.78, 5) is 4.04. The molecule has 1 heterocycles. The molecule has 1 aromatic rings. The Bertz CT molecular complexity index is 295. The largest absolute Gasteiger partial charge is 0.383 e. The van der Waals surface area contributed by atoms with Crippen molar-refractivity contribution in [3.8, 4) is 0 Å². The van der Waals surface area contributed by atoms with E-state index >= 15 is 0 Å². The van der Waals surface area contributed by atoms with Gasteiger partial charge in [-0.25, -0.2) is 4.98 Å². The molecule has 0 radical (unpaired) electrons. The van der Waals surface area contributed by atoms with Crippen LogP contribution in [0.4, 0.5) is 5.82 Å². The Balaban J connectivity index is 2.97. The van der Waals surface area contributed by atoms with Crippen molar-refractivity contribution in [2.24, 2.45) is 0 Å². The molecule has 0 bridgehead atoms. The van der Waals surface area contributed by atoms with E-state index in [0.29, 0.717) is 5.82 Å². The molecule has 0 atom stereocenters. The van der Waals surface area contributed by atoms with Gasteiger partial charge in [-0.2, -0.15) is 0 Å². The van der Waals surface area contributed by atoms with Gasteiger partial charge in [-0.1, -0.05) is 28.1 Å². The van der Waals surface area contributed by atoms with Crippen LogP contribution in [0.25, 0.3) is 6.08 Å². The molecule has 2 N–H and O–H groups in total. The van der Waals surface area contributed by atoms with Crippen molar-refractivity contribution < 1.29 is 0 Å². The summed E-state index contributed by atoms with van der Waals surface area (Å²) in [5.74, 6) is 0.581. The maximum atomic E-state index is 5.65. The van der Waals surface area contributed by atoms with Crippen LogP contribution < -0.4 is 5.73 Å². The van der Waals surface area contributed by atoms with Crippen LogP contribution in [0.2, 0.25) is 0 Å². The van der Waals surface area contributed by atoms with Crippen LogP contribution in [-0.4, -0.2) is 10.3 Å². The maximum absolute atomic E-state index is 5.65. The quantitative estimate of drug-likeness (QED) is 0.787. The van der Waals surface area contributed by atoms with Crippen LogP contribution in [-0.2, 0) is 0 Å². The van der Waals surface area contributed by atoms with Gasteiger partial charge in [0.15, 0.2) is 0 Å². The van der Waals surface area contributed by atoms with Gasteiger partial charge in [-0.05, 0) is 18.6 Å². The summed E-state index contributed by atoms with van der Waals surface area (Å²) in [6.07, 6.45) is 5.72. The third-order valence-corrected chi connectivity index (χ3v) is 1.85. The normalized spacial score (nSPS) is 10.8. The standard InChI is InChI=1S/C9H11BrN2/c1-7-5-8(3-2-4-10)9(11)12-6-7/h2-3,5-6H,4H2,1H3,(H2,11,12). The molecule has 2 nitrogen and oxygen atoms in total. The van der Waals surface area contributed by atoms with E-state index in [-0.39, 0.29) is 0 Å². The molecule has 0 unspecified atom stereocenters. The molecule has 0 saturated heterocycles. The van der Waals surface area contributed by atoms with E-state index in [2.05, 4.69) is 20.9 Å². The number of hydrogen-bond donors (Lipinski definition) is 1. The van der Waals surface area contributed by atoms with E-state index in [4.69, 9.17) is 5.73 Å². The fourth-order valence-corrected chi connectivity index (χ4v) is 1.09. The number of allylic oxidation sites excluding steroid dienone is 1. The molecule has 64 valence electrons. The Morgan fingerprint density at radius 3 is 3.08 bits per heavy atom. The highest BCUT2D eigenvalue weighted by Crippen LogP contribution is 2.11. The van der Waals surface area contributed by atoms with Crippen LogP contribution in [0.1, 0.15) is 11.1 Å². The second kappa shape index (κ2) is 4.26. The first-order valence-corrected chi connectivity index (χ1v) is 4.81. The highest BCUT2D eigenvalue weighted by molar-refractivity contribution is 9.09. The number of nitrogens with two attached hydrogens (primary N) is 1. The molecule has 0 fully saturated rings. The summed E-state index contributed by atoms with van der Waals surface area (Å²) in [6.45, 7) is 2.00. The third-order valence-electron chi connectivity index (χ3n) is 1.47. The van der Waals surface area contributed by atoms with Crippen molar-refractivity contribution >= 4 is 27.8 Å². The lowest BCUT2D eigenvalue weighted by atomic mass is 10.2. The van der Waals surface area contributed by atoms with Crippen LogP contribution in [0.3, 0.4) is 0 Å². The lowest BCUT2D eigenvalue weighted by molar-refractivity contribution is 1.27. The van der Waals surface area contributed by atoms with Gasteiger partial charge in [0, 0.05) is 17.1 Å². The molecule has 0 aliphatic carbocycles. The first-order chi connectivity index (χ1) is 5.74. The number of alkyl halides is 1. The Morgan fingerprint density at radius 2 is 2.42 bits per heavy atom. The second-order valence-electron chi connectivity index (χ2n) is 2.54. The maximum Gasteiger partial charge on any atom is 0.130 e. The van der Waals surface area contributed by atoms with Gasteiger partial charge in [-0.3, -0.25) is 0 Å². The molecule has 0 aliphatic rings. The lowest BCUT2D eigenvalue weighted by Gasteiger charge is -1.99. The van der Waals surface area contributed by atoms with Crippen molar-refractivity contribution in [2.45, 2.75) is 6.92 Å². The lowest BCUT2D eigenvalue weighted by Crippen LogP contribution is -1.93. The average molecular weight is 227 g/mol. The Hall–Kier alpha value is -0.830. The molecule has 12 heavy (non-hydrogen) atoms. The van der Waals surface area contributed by atoms with Gasteiger partial charge in [0.1, 0.15) is 5.82 Å². The molecular weight excluding hydrogens is 216 g/mol. The van der Waals surface area contributed by atoms with Crippen molar-refractivity contribution in [2.75, 3.05) is 11.1 Å². The Kier molecular flexibility index (Phi) is 3.29. The van der Waals surface area contributed by atoms with Crippen molar-refractivity contribution in [1.82, 2.24) is 4.98 Å². The van der Waals surface area contributed by atoms with Crippen LogP contribution >= 0.6 is 15.9 Å². The van der Waals surface area contributed by atoms with Gasteiger partial charge in [0.25, 0.3) is 0 Å². The third kappa shape index (κ3) is 2.34. The van der Waals surface area contributed by atoms with Crippen LogP contribution in [0, 0.1) is 6.92 Å². The number of hydrogen-bond acceptors (Lipinski definition) is 2. The fraction of sp³-hybridized carbons (Fsp3) is 0.222. The number of rotatable bonds is 2. The van der Waals surface area contributed by atoms with Gasteiger partial charge in [0.2, 0.25) is 0 Å². The predicted octanol–water partition coefficient (Wildman–Crippen LogP) is 2.38. The average Bonchev–Trinajstić information content (AvgIpc) is 2.07. The summed E-state index contributed by atoms with van der Waals surface area (Å²) < 4.78 is 0. The molecule has 1 rings (SSSR count). The van der Waals surface area contributed by atoms with Crippen LogP contribution in [0.5, 0.6) is 0 Å². The number of pyridine rings is 1. The number of aryl methyl sites for hydroxylation is 1. The molecule has 0 aromatic carbocycles. The minimum atomic E-state index is 0.581. The summed E-state index contributed by atoms with van der Waals surface area (Å²) in [5.41, 5.74) is 7.76. The number of anilines is 1. The molecule has 0 amide bonds. The Morgan fingerprint density at radius 1 is 1.67 bits per heavy atom. The number of nitrogen functional groups attached to an aromatic ring is 1. The zero-order valence-corrected chi connectivity index (χ0v) is 8.51. The van der Waals surface area contributed by atoms with E-state index in [1.807, 2.05) is 25.1 Å². The minimum absolute atomic E-state index is 0.581. The van der Waals surface area contributed by atoms with Crippen LogP contribution in [0.15, 0.2) is 18.3 Å². The SMILES string of the molecule is Cc1cnc(N)c(C=CCBr)c1. The molecule has 0 aliphatic heterocycles. The number of nitrogens with zero attached hydrogens (tertiary/aromatic N) is 1. The zero-order chi connectivity index (χ0) is 8.97. The first-order valence-electron chi connectivity index (χ1n) is 3.68. The van der Waals surface area contributed by atoms with Gasteiger partial charge in [-0.15, -0.1) is 0 Å². The van der Waals surface area contributed by atoms with E-state index < -0.39 is 0 Å². The van der Waals surface area contributed by atoms with Crippen molar-refractivity contribution in [1.29, 1.82) is 0 Å². The zero-order valence-electron chi connectivity index (χ0n) is 6.92. The topological polar surface area (TPSA) is 38.9 Å². The predicted molar refractivity (Wildman–Crippen MR) is 56.2 cm³/mol. The van der Waals surface area contributed by atoms with E-state index in [0.717, 1.165) is 16.5 Å². The molecule has 3 heteroatoms. The Labute approximate surface area is 80.6 Å². The van der Waals surface area contributed by atoms with Crippen molar-refractivity contribution in [3.63, 3.8) is 0 Å². The number of halogens is 1. The molecule has 1 aromatic heterocycles. The molecule has 0 spiro atoms. The second-order valence-corrected chi connectivity index (χ2v) is 3.19.